The van der Waals surface area contributed by atoms with Gasteiger partial charge in [0, 0.05) is 30.0 Å². The van der Waals surface area contributed by atoms with E-state index >= 15 is 0 Å². The Labute approximate surface area is 218 Å². The number of halogens is 1. The number of amides is 2. The number of carbonyl (C=O) groups excluding carboxylic acids is 2. The fraction of sp³-hybridized carbons (Fsp3) is 0.231. The first-order valence-electron chi connectivity index (χ1n) is 11.5. The first-order chi connectivity index (χ1) is 17.5. The summed E-state index contributed by atoms with van der Waals surface area (Å²) < 4.78 is 0. The maximum atomic E-state index is 12.2. The molecular formula is C26H25ClN6O2S. The third-order valence-electron chi connectivity index (χ3n) is 5.25. The number of carbonyl (C=O) groups is 2. The maximum Gasteiger partial charge on any atom is 0.230 e. The molecule has 4 aromatic rings. The molecule has 36 heavy (non-hydrogen) atoms. The molecule has 0 aliphatic carbocycles. The lowest BCUT2D eigenvalue weighted by atomic mass is 10.1. The second-order valence-electron chi connectivity index (χ2n) is 8.20. The summed E-state index contributed by atoms with van der Waals surface area (Å²) in [5, 5.41) is 15.9. The van der Waals surface area contributed by atoms with Crippen LogP contribution in [0.15, 0.2) is 67.1 Å². The van der Waals surface area contributed by atoms with Crippen molar-refractivity contribution in [2.24, 2.45) is 0 Å². The van der Waals surface area contributed by atoms with E-state index in [0.717, 1.165) is 47.4 Å². The third kappa shape index (κ3) is 8.21. The Morgan fingerprint density at radius 2 is 1.64 bits per heavy atom. The van der Waals surface area contributed by atoms with Crippen molar-refractivity contribution in [3.05, 3.63) is 93.8 Å². The van der Waals surface area contributed by atoms with Gasteiger partial charge < -0.3 is 10.6 Å². The number of aromatic nitrogens is 4. The van der Waals surface area contributed by atoms with Crippen LogP contribution in [0.5, 0.6) is 0 Å². The molecule has 0 aliphatic rings. The van der Waals surface area contributed by atoms with Crippen LogP contribution >= 0.6 is 22.9 Å². The Bertz CT molecular complexity index is 1300. The number of rotatable bonds is 11. The van der Waals surface area contributed by atoms with Crippen molar-refractivity contribution in [3.8, 4) is 0 Å². The summed E-state index contributed by atoms with van der Waals surface area (Å²) in [6.07, 6.45) is 9.20. The van der Waals surface area contributed by atoms with E-state index < -0.39 is 0 Å². The summed E-state index contributed by atoms with van der Waals surface area (Å²) >= 11 is 7.36. The van der Waals surface area contributed by atoms with E-state index in [9.17, 15) is 9.59 Å². The first kappa shape index (κ1) is 25.4. The van der Waals surface area contributed by atoms with Crippen molar-refractivity contribution in [1.82, 2.24) is 20.2 Å². The van der Waals surface area contributed by atoms with Gasteiger partial charge in [0.05, 0.1) is 12.8 Å². The van der Waals surface area contributed by atoms with Gasteiger partial charge in [-0.15, -0.1) is 10.2 Å². The fourth-order valence-corrected chi connectivity index (χ4v) is 4.54. The summed E-state index contributed by atoms with van der Waals surface area (Å²) in [5.74, 6) is 0.260. The molecule has 3 heterocycles. The van der Waals surface area contributed by atoms with Crippen LogP contribution in [0.3, 0.4) is 0 Å². The molecule has 0 aliphatic heterocycles. The highest BCUT2D eigenvalue weighted by Gasteiger charge is 2.10. The Hall–Kier alpha value is -3.69. The van der Waals surface area contributed by atoms with Crippen LogP contribution in [0, 0.1) is 0 Å². The van der Waals surface area contributed by atoms with Crippen LogP contribution in [-0.4, -0.2) is 32.0 Å². The zero-order valence-electron chi connectivity index (χ0n) is 19.5. The van der Waals surface area contributed by atoms with Crippen molar-refractivity contribution in [2.75, 3.05) is 10.6 Å². The van der Waals surface area contributed by atoms with Crippen LogP contribution < -0.4 is 10.6 Å². The average molecular weight is 521 g/mol. The van der Waals surface area contributed by atoms with E-state index in [1.807, 2.05) is 36.4 Å². The predicted molar refractivity (Wildman–Crippen MR) is 141 cm³/mol. The second-order valence-corrected chi connectivity index (χ2v) is 9.70. The summed E-state index contributed by atoms with van der Waals surface area (Å²) in [5.41, 5.74) is 2.81. The van der Waals surface area contributed by atoms with Crippen LogP contribution in [0.25, 0.3) is 0 Å². The lowest BCUT2D eigenvalue weighted by Crippen LogP contribution is -2.15. The maximum absolute atomic E-state index is 12.2. The van der Waals surface area contributed by atoms with Crippen LogP contribution in [0.1, 0.15) is 34.5 Å². The normalized spacial score (nSPS) is 10.7. The van der Waals surface area contributed by atoms with Gasteiger partial charge in [-0.25, -0.2) is 4.98 Å². The minimum atomic E-state index is -0.149. The number of nitrogens with zero attached hydrogens (tertiary/aromatic N) is 4. The third-order valence-corrected chi connectivity index (χ3v) is 6.39. The fourth-order valence-electron chi connectivity index (χ4n) is 3.53. The van der Waals surface area contributed by atoms with Crippen molar-refractivity contribution in [1.29, 1.82) is 0 Å². The number of benzene rings is 1. The smallest absolute Gasteiger partial charge is 0.230 e. The van der Waals surface area contributed by atoms with E-state index in [-0.39, 0.29) is 24.7 Å². The van der Waals surface area contributed by atoms with Gasteiger partial charge in [-0.1, -0.05) is 47.2 Å². The molecule has 0 radical (unpaired) electrons. The van der Waals surface area contributed by atoms with Crippen molar-refractivity contribution >= 4 is 45.7 Å². The molecule has 0 spiro atoms. The average Bonchev–Trinajstić information content (AvgIpc) is 3.30. The molecule has 184 valence electrons. The molecule has 2 N–H and O–H groups in total. The molecule has 0 saturated heterocycles. The van der Waals surface area contributed by atoms with E-state index in [0.29, 0.717) is 16.0 Å². The number of unbranched alkanes of at least 4 members (excludes halogenated alkanes) is 1. The summed E-state index contributed by atoms with van der Waals surface area (Å²) in [7, 11) is 0. The molecule has 0 saturated carbocycles. The van der Waals surface area contributed by atoms with Gasteiger partial charge in [-0.05, 0) is 60.2 Å². The van der Waals surface area contributed by atoms with Gasteiger partial charge in [0.2, 0.25) is 16.9 Å². The van der Waals surface area contributed by atoms with E-state index in [2.05, 4.69) is 30.8 Å². The molecule has 4 rings (SSSR count). The lowest BCUT2D eigenvalue weighted by Gasteiger charge is -2.06. The van der Waals surface area contributed by atoms with Gasteiger partial charge >= 0.3 is 0 Å². The van der Waals surface area contributed by atoms with Crippen molar-refractivity contribution < 1.29 is 9.59 Å². The summed E-state index contributed by atoms with van der Waals surface area (Å²) in [6, 6.07) is 14.7. The van der Waals surface area contributed by atoms with Crippen LogP contribution in [0.4, 0.5) is 10.9 Å². The minimum Gasteiger partial charge on any atom is -0.310 e. The highest BCUT2D eigenvalue weighted by Crippen LogP contribution is 2.19. The topological polar surface area (TPSA) is 110 Å². The number of aryl methyl sites for hydroxylation is 2. The highest BCUT2D eigenvalue weighted by atomic mass is 35.5. The van der Waals surface area contributed by atoms with Crippen molar-refractivity contribution in [2.45, 2.75) is 38.5 Å². The van der Waals surface area contributed by atoms with Gasteiger partial charge in [0.15, 0.2) is 0 Å². The predicted octanol–water partition coefficient (Wildman–Crippen LogP) is 4.91. The quantitative estimate of drug-likeness (QED) is 0.272. The Morgan fingerprint density at radius 1 is 0.833 bits per heavy atom. The highest BCUT2D eigenvalue weighted by molar-refractivity contribution is 7.15. The van der Waals surface area contributed by atoms with Gasteiger partial charge in [-0.2, -0.15) is 0 Å². The second kappa shape index (κ2) is 12.9. The van der Waals surface area contributed by atoms with E-state index in [4.69, 9.17) is 11.6 Å². The van der Waals surface area contributed by atoms with Crippen LogP contribution in [-0.2, 0) is 35.3 Å². The Kier molecular flexibility index (Phi) is 9.07. The number of nitrogens with one attached hydrogen (secondary N) is 2. The van der Waals surface area contributed by atoms with Crippen molar-refractivity contribution in [3.63, 3.8) is 0 Å². The molecule has 0 atom stereocenters. The number of anilines is 2. The molecule has 0 unspecified atom stereocenters. The summed E-state index contributed by atoms with van der Waals surface area (Å²) in [6.45, 7) is 0. The van der Waals surface area contributed by atoms with Crippen LogP contribution in [0.2, 0.25) is 5.02 Å². The zero-order chi connectivity index (χ0) is 25.2. The monoisotopic (exact) mass is 520 g/mol. The molecule has 0 fully saturated rings. The largest absolute Gasteiger partial charge is 0.310 e. The minimum absolute atomic E-state index is 0.125. The SMILES string of the molecule is O=C(Cc1cccnc1)Nc1ccc(CCCCc2nnc(NC(=O)Cc3cccc(Cl)c3)s2)cn1. The Balaban J connectivity index is 1.15. The van der Waals surface area contributed by atoms with Gasteiger partial charge in [-0.3, -0.25) is 14.6 Å². The molecular weight excluding hydrogens is 496 g/mol. The molecule has 3 aromatic heterocycles. The van der Waals surface area contributed by atoms with Gasteiger partial charge in [0.1, 0.15) is 10.8 Å². The number of hydrogen-bond acceptors (Lipinski definition) is 7. The number of pyridine rings is 2. The first-order valence-corrected chi connectivity index (χ1v) is 12.7. The molecule has 1 aromatic carbocycles. The van der Waals surface area contributed by atoms with E-state index in [1.54, 1.807) is 30.7 Å². The molecule has 8 nitrogen and oxygen atoms in total. The Morgan fingerprint density at radius 3 is 2.42 bits per heavy atom. The standard InChI is InChI=1S/C26H25ClN6O2S/c27-21-8-3-6-19(13-21)14-24(35)31-26-33-32-25(36-26)9-2-1-5-18-10-11-22(29-17-18)30-23(34)15-20-7-4-12-28-16-20/h3-4,6-8,10-13,16-17H,1-2,5,9,14-15H2,(H,29,30,34)(H,31,33,35). The molecule has 0 bridgehead atoms. The lowest BCUT2D eigenvalue weighted by molar-refractivity contribution is -0.116. The molecule has 10 heteroatoms. The number of hydrogen-bond donors (Lipinski definition) is 2. The van der Waals surface area contributed by atoms with E-state index in [1.165, 1.54) is 11.3 Å². The summed E-state index contributed by atoms with van der Waals surface area (Å²) in [4.78, 5) is 32.8. The zero-order valence-corrected chi connectivity index (χ0v) is 21.1. The molecule has 2 amide bonds. The van der Waals surface area contributed by atoms with Gasteiger partial charge in [0.25, 0.3) is 0 Å².